The number of hydrogen-bond donors (Lipinski definition) is 0. The maximum atomic E-state index is 2.50. The third-order valence-electron chi connectivity index (χ3n) is 5.09. The van der Waals surface area contributed by atoms with Crippen LogP contribution in [0, 0.1) is 16.2 Å². The van der Waals surface area contributed by atoms with Crippen molar-refractivity contribution < 1.29 is 0 Å². The van der Waals surface area contributed by atoms with E-state index < -0.39 is 0 Å². The van der Waals surface area contributed by atoms with Gasteiger partial charge in [0.15, 0.2) is 0 Å². The van der Waals surface area contributed by atoms with E-state index in [-0.39, 0.29) is 16.2 Å². The van der Waals surface area contributed by atoms with E-state index in [2.05, 4.69) is 91.8 Å². The molecule has 0 fully saturated rings. The summed E-state index contributed by atoms with van der Waals surface area (Å²) >= 11 is 5.80. The standard InChI is InChI=1S/C24H32S3/c1-9-24(8)14-20(18-12-22(4,5)10-16(2)25-18)27-21(15-24)19-13-23(6,7)11-17(3)26-19/h10-15H,9H2,1-8H3. The van der Waals surface area contributed by atoms with Gasteiger partial charge < -0.3 is 0 Å². The van der Waals surface area contributed by atoms with E-state index in [0.717, 1.165) is 6.42 Å². The Morgan fingerprint density at radius 2 is 0.963 bits per heavy atom. The molecule has 3 heterocycles. The molecule has 0 aromatic heterocycles. The lowest BCUT2D eigenvalue weighted by Crippen LogP contribution is -2.16. The lowest BCUT2D eigenvalue weighted by molar-refractivity contribution is 0.527. The van der Waals surface area contributed by atoms with Gasteiger partial charge in [-0.25, -0.2) is 0 Å². The fourth-order valence-corrected chi connectivity index (χ4v) is 7.96. The van der Waals surface area contributed by atoms with Gasteiger partial charge in [0.2, 0.25) is 0 Å². The van der Waals surface area contributed by atoms with Crippen molar-refractivity contribution in [3.05, 3.63) is 65.9 Å². The monoisotopic (exact) mass is 416 g/mol. The van der Waals surface area contributed by atoms with Gasteiger partial charge in [-0.1, -0.05) is 113 Å². The normalized spacial score (nSPS) is 26.2. The molecule has 0 bridgehead atoms. The van der Waals surface area contributed by atoms with Crippen molar-refractivity contribution in [2.75, 3.05) is 0 Å². The van der Waals surface area contributed by atoms with Gasteiger partial charge in [-0.3, -0.25) is 0 Å². The lowest BCUT2D eigenvalue weighted by Gasteiger charge is -2.33. The quantitative estimate of drug-likeness (QED) is 0.450. The maximum absolute atomic E-state index is 2.50. The molecule has 3 aliphatic rings. The first kappa shape index (κ1) is 21.2. The zero-order valence-electron chi connectivity index (χ0n) is 17.9. The Hall–Kier alpha value is -0.510. The fourth-order valence-electron chi connectivity index (χ4n) is 3.78. The van der Waals surface area contributed by atoms with Gasteiger partial charge in [-0.2, -0.15) is 0 Å². The van der Waals surface area contributed by atoms with Crippen LogP contribution in [0.3, 0.4) is 0 Å². The summed E-state index contributed by atoms with van der Waals surface area (Å²) in [5.74, 6) is 0. The van der Waals surface area contributed by atoms with Gasteiger partial charge in [0.1, 0.15) is 0 Å². The largest absolute Gasteiger partial charge is 0.0943 e. The van der Waals surface area contributed by atoms with Crippen LogP contribution >= 0.6 is 35.3 Å². The molecule has 0 aliphatic carbocycles. The average molecular weight is 417 g/mol. The van der Waals surface area contributed by atoms with Crippen molar-refractivity contribution in [2.45, 2.75) is 61.8 Å². The first-order valence-corrected chi connectivity index (χ1v) is 12.2. The summed E-state index contributed by atoms with van der Waals surface area (Å²) in [5.41, 5.74) is 0.351. The Bertz CT molecular complexity index is 762. The lowest BCUT2D eigenvalue weighted by atomic mass is 9.85. The summed E-state index contributed by atoms with van der Waals surface area (Å²) in [4.78, 5) is 8.49. The predicted molar refractivity (Wildman–Crippen MR) is 129 cm³/mol. The SMILES string of the molecule is CCC1(C)C=C(C2=CC(C)(C)C=C(C)S2)SC(C2=CC(C)(C)C=C(C)S2)=C1. The first-order chi connectivity index (χ1) is 12.4. The van der Waals surface area contributed by atoms with Crippen LogP contribution in [0.15, 0.2) is 65.9 Å². The number of hydrogen-bond acceptors (Lipinski definition) is 3. The summed E-state index contributed by atoms with van der Waals surface area (Å²) in [6, 6.07) is 0. The van der Waals surface area contributed by atoms with Crippen LogP contribution in [0.25, 0.3) is 0 Å². The molecule has 0 saturated heterocycles. The minimum absolute atomic E-state index is 0.108. The molecule has 27 heavy (non-hydrogen) atoms. The van der Waals surface area contributed by atoms with Crippen LogP contribution in [0.2, 0.25) is 0 Å². The second-order valence-corrected chi connectivity index (χ2v) is 13.0. The summed E-state index contributed by atoms with van der Waals surface area (Å²) in [6.45, 7) is 18.3. The Morgan fingerprint density at radius 3 is 1.30 bits per heavy atom. The number of thioether (sulfide) groups is 3. The summed E-state index contributed by atoms with van der Waals surface area (Å²) in [6.07, 6.45) is 15.8. The zero-order valence-corrected chi connectivity index (χ0v) is 20.3. The van der Waals surface area contributed by atoms with E-state index in [1.165, 1.54) is 29.4 Å². The van der Waals surface area contributed by atoms with Gasteiger partial charge in [-0.05, 0) is 30.1 Å². The molecule has 0 amide bonds. The van der Waals surface area contributed by atoms with Gasteiger partial charge in [0.05, 0.1) is 0 Å². The third kappa shape index (κ3) is 5.10. The number of rotatable bonds is 3. The number of allylic oxidation sites excluding steroid dienone is 8. The van der Waals surface area contributed by atoms with Crippen molar-refractivity contribution in [2.24, 2.45) is 16.2 Å². The molecule has 3 heteroatoms. The molecule has 0 radical (unpaired) electrons. The molecule has 0 atom stereocenters. The highest BCUT2D eigenvalue weighted by molar-refractivity contribution is 8.14. The van der Waals surface area contributed by atoms with Crippen LogP contribution in [0.1, 0.15) is 61.8 Å². The summed E-state index contributed by atoms with van der Waals surface area (Å²) in [7, 11) is 0. The van der Waals surface area contributed by atoms with Crippen molar-refractivity contribution in [3.63, 3.8) is 0 Å². The van der Waals surface area contributed by atoms with Gasteiger partial charge >= 0.3 is 0 Å². The molecule has 0 N–H and O–H groups in total. The molecule has 0 aromatic carbocycles. The Kier molecular flexibility index (Phi) is 5.80. The zero-order chi connectivity index (χ0) is 20.0. The van der Waals surface area contributed by atoms with Crippen LogP contribution < -0.4 is 0 Å². The summed E-state index contributed by atoms with van der Waals surface area (Å²) < 4.78 is 0. The van der Waals surface area contributed by atoms with Crippen molar-refractivity contribution >= 4 is 35.3 Å². The highest BCUT2D eigenvalue weighted by Crippen LogP contribution is 2.55. The van der Waals surface area contributed by atoms with Crippen LogP contribution in [-0.2, 0) is 0 Å². The highest BCUT2D eigenvalue weighted by Gasteiger charge is 2.31. The van der Waals surface area contributed by atoms with Crippen LogP contribution in [0.5, 0.6) is 0 Å². The smallest absolute Gasteiger partial charge is 0.0227 e. The van der Waals surface area contributed by atoms with Crippen LogP contribution in [0.4, 0.5) is 0 Å². The molecule has 0 unspecified atom stereocenters. The van der Waals surface area contributed by atoms with Crippen LogP contribution in [-0.4, -0.2) is 0 Å². The fraction of sp³-hybridized carbons (Fsp3) is 0.500. The molecule has 0 spiro atoms. The average Bonchev–Trinajstić information content (AvgIpc) is 2.50. The first-order valence-electron chi connectivity index (χ1n) is 9.75. The Labute approximate surface area is 178 Å². The van der Waals surface area contributed by atoms with E-state index in [1.54, 1.807) is 0 Å². The minimum Gasteiger partial charge on any atom is -0.0943 e. The van der Waals surface area contributed by atoms with Crippen molar-refractivity contribution in [1.82, 2.24) is 0 Å². The topological polar surface area (TPSA) is 0 Å². The summed E-state index contributed by atoms with van der Waals surface area (Å²) in [5, 5.41) is 0. The van der Waals surface area contributed by atoms with E-state index in [4.69, 9.17) is 0 Å². The van der Waals surface area contributed by atoms with Gasteiger partial charge in [-0.15, -0.1) is 0 Å². The second kappa shape index (κ2) is 7.39. The van der Waals surface area contributed by atoms with Gasteiger partial charge in [0, 0.05) is 35.9 Å². The molecular formula is C24H32S3. The highest BCUT2D eigenvalue weighted by atomic mass is 32.2. The molecule has 0 aromatic rings. The Morgan fingerprint density at radius 1 is 0.593 bits per heavy atom. The van der Waals surface area contributed by atoms with Gasteiger partial charge in [0.25, 0.3) is 0 Å². The predicted octanol–water partition coefficient (Wildman–Crippen LogP) is 9.04. The molecule has 3 aliphatic heterocycles. The van der Waals surface area contributed by atoms with E-state index >= 15 is 0 Å². The molecular weight excluding hydrogens is 384 g/mol. The Balaban J connectivity index is 1.99. The second-order valence-electron chi connectivity index (χ2n) is 9.35. The van der Waals surface area contributed by atoms with E-state index in [1.807, 2.05) is 35.3 Å². The van der Waals surface area contributed by atoms with Crippen molar-refractivity contribution in [1.29, 1.82) is 0 Å². The van der Waals surface area contributed by atoms with Crippen molar-refractivity contribution in [3.8, 4) is 0 Å². The molecule has 0 saturated carbocycles. The molecule has 3 rings (SSSR count). The van der Waals surface area contributed by atoms with E-state index in [0.29, 0.717) is 0 Å². The molecule has 146 valence electrons. The third-order valence-corrected chi connectivity index (χ3v) is 8.46. The minimum atomic E-state index is 0.108. The van der Waals surface area contributed by atoms with E-state index in [9.17, 15) is 0 Å². The maximum Gasteiger partial charge on any atom is 0.0227 e. The molecule has 0 nitrogen and oxygen atoms in total.